The van der Waals surface area contributed by atoms with Gasteiger partial charge in [-0.2, -0.15) is 0 Å². The van der Waals surface area contributed by atoms with E-state index < -0.39 is 0 Å². The van der Waals surface area contributed by atoms with Crippen LogP contribution in [0.2, 0.25) is 5.02 Å². The van der Waals surface area contributed by atoms with Crippen molar-refractivity contribution in [3.05, 3.63) is 97.8 Å². The number of ether oxygens (including phenoxy) is 1. The highest BCUT2D eigenvalue weighted by Crippen LogP contribution is 2.37. The summed E-state index contributed by atoms with van der Waals surface area (Å²) in [5.41, 5.74) is 3.79. The fraction of sp³-hybridized carbons (Fsp3) is 0.0833. The van der Waals surface area contributed by atoms with Gasteiger partial charge in [0.05, 0.1) is 20.1 Å². The molecule has 4 rings (SSSR count). The van der Waals surface area contributed by atoms with Crippen molar-refractivity contribution in [3.8, 4) is 5.75 Å². The molecule has 0 aromatic heterocycles. The van der Waals surface area contributed by atoms with Crippen molar-refractivity contribution in [2.24, 2.45) is 4.99 Å². The summed E-state index contributed by atoms with van der Waals surface area (Å²) in [6, 6.07) is 21.3. The fourth-order valence-corrected chi connectivity index (χ4v) is 4.73. The zero-order valence-electron chi connectivity index (χ0n) is 16.6. The first-order valence-corrected chi connectivity index (χ1v) is 11.5. The molecule has 0 unspecified atom stereocenters. The molecule has 31 heavy (non-hydrogen) atoms. The predicted octanol–water partition coefficient (Wildman–Crippen LogP) is 6.88. The largest absolute Gasteiger partial charge is 0.486 e. The Kier molecular flexibility index (Phi) is 6.80. The van der Waals surface area contributed by atoms with Gasteiger partial charge in [-0.15, -0.1) is 0 Å². The molecular formula is C24H18BrClN2O2S. The second kappa shape index (κ2) is 9.73. The van der Waals surface area contributed by atoms with Crippen LogP contribution in [-0.2, 0) is 11.4 Å². The number of halogens is 2. The molecule has 0 spiro atoms. The molecule has 0 atom stereocenters. The fourth-order valence-electron chi connectivity index (χ4n) is 2.90. The first-order valence-electron chi connectivity index (χ1n) is 9.50. The maximum atomic E-state index is 12.4. The van der Waals surface area contributed by atoms with E-state index in [1.54, 1.807) is 12.1 Å². The number of aliphatic imine (C=N–C) groups is 1. The van der Waals surface area contributed by atoms with E-state index in [4.69, 9.17) is 16.3 Å². The summed E-state index contributed by atoms with van der Waals surface area (Å²) in [5, 5.41) is 3.82. The van der Waals surface area contributed by atoms with Crippen molar-refractivity contribution in [1.82, 2.24) is 5.32 Å². The number of carbonyl (C=O) groups excluding carboxylic acids is 1. The van der Waals surface area contributed by atoms with Crippen LogP contribution < -0.4 is 10.1 Å². The SMILES string of the molecule is Cc1ccc(N=C2NC(=O)/C(=C\c3cc(Cl)c(OCc4ccccc4)c(Br)c3)S2)cc1. The van der Waals surface area contributed by atoms with Gasteiger partial charge < -0.3 is 10.1 Å². The molecule has 0 saturated carbocycles. The Bertz CT molecular complexity index is 1150. The van der Waals surface area contributed by atoms with Gasteiger partial charge >= 0.3 is 0 Å². The summed E-state index contributed by atoms with van der Waals surface area (Å²) in [4.78, 5) is 17.4. The molecule has 1 aliphatic rings. The number of hydrogen-bond donors (Lipinski definition) is 1. The lowest BCUT2D eigenvalue weighted by atomic mass is 10.2. The zero-order chi connectivity index (χ0) is 21.8. The van der Waals surface area contributed by atoms with Crippen molar-refractivity contribution < 1.29 is 9.53 Å². The number of nitrogens with zero attached hydrogens (tertiary/aromatic N) is 1. The van der Waals surface area contributed by atoms with Gasteiger partial charge in [0.15, 0.2) is 10.9 Å². The number of thioether (sulfide) groups is 1. The van der Waals surface area contributed by atoms with E-state index in [1.807, 2.05) is 67.6 Å². The summed E-state index contributed by atoms with van der Waals surface area (Å²) < 4.78 is 6.61. The summed E-state index contributed by atoms with van der Waals surface area (Å²) in [5.74, 6) is 0.380. The van der Waals surface area contributed by atoms with Crippen molar-refractivity contribution in [1.29, 1.82) is 0 Å². The van der Waals surface area contributed by atoms with Gasteiger partial charge in [0.25, 0.3) is 5.91 Å². The monoisotopic (exact) mass is 512 g/mol. The maximum absolute atomic E-state index is 12.4. The summed E-state index contributed by atoms with van der Waals surface area (Å²) in [6.07, 6.45) is 1.79. The first kappa shape index (κ1) is 21.7. The Morgan fingerprint density at radius 3 is 2.58 bits per heavy atom. The average Bonchev–Trinajstić information content (AvgIpc) is 3.08. The second-order valence-electron chi connectivity index (χ2n) is 6.91. The summed E-state index contributed by atoms with van der Waals surface area (Å²) >= 11 is 11.3. The lowest BCUT2D eigenvalue weighted by Crippen LogP contribution is -2.19. The van der Waals surface area contributed by atoms with E-state index in [0.29, 0.717) is 27.5 Å². The molecule has 7 heteroatoms. The standard InChI is InChI=1S/C24H18BrClN2O2S/c1-15-7-9-18(10-8-15)27-24-28-23(29)21(31-24)13-17-11-19(25)22(20(26)12-17)30-14-16-5-3-2-4-6-16/h2-13H,14H2,1H3,(H,27,28,29)/b21-13+. The number of benzene rings is 3. The third-order valence-corrected chi connectivity index (χ3v) is 6.24. The Hall–Kier alpha value is -2.54. The van der Waals surface area contributed by atoms with E-state index in [9.17, 15) is 4.79 Å². The van der Waals surface area contributed by atoms with Gasteiger partial charge in [0.2, 0.25) is 0 Å². The van der Waals surface area contributed by atoms with Gasteiger partial charge in [0, 0.05) is 0 Å². The van der Waals surface area contributed by atoms with Crippen LogP contribution in [0.1, 0.15) is 16.7 Å². The third-order valence-electron chi connectivity index (χ3n) is 4.46. The molecule has 1 amide bonds. The number of nitrogens with one attached hydrogen (secondary N) is 1. The van der Waals surface area contributed by atoms with Crippen molar-refractivity contribution in [3.63, 3.8) is 0 Å². The van der Waals surface area contributed by atoms with Gasteiger partial charge in [-0.05, 0) is 76.1 Å². The molecule has 156 valence electrons. The molecule has 3 aromatic carbocycles. The van der Waals surface area contributed by atoms with Crippen LogP contribution >= 0.6 is 39.3 Å². The van der Waals surface area contributed by atoms with E-state index >= 15 is 0 Å². The topological polar surface area (TPSA) is 50.7 Å². The predicted molar refractivity (Wildman–Crippen MR) is 132 cm³/mol. The van der Waals surface area contributed by atoms with Crippen LogP contribution in [0.25, 0.3) is 6.08 Å². The number of hydrogen-bond acceptors (Lipinski definition) is 4. The molecule has 0 bridgehead atoms. The van der Waals surface area contributed by atoms with Crippen LogP contribution in [0, 0.1) is 6.92 Å². The molecule has 3 aromatic rings. The number of amidine groups is 1. The smallest absolute Gasteiger partial charge is 0.264 e. The highest BCUT2D eigenvalue weighted by Gasteiger charge is 2.24. The number of amides is 1. The molecular weight excluding hydrogens is 496 g/mol. The summed E-state index contributed by atoms with van der Waals surface area (Å²) in [6.45, 7) is 2.43. The van der Waals surface area contributed by atoms with Crippen molar-refractivity contribution >= 4 is 62.1 Å². The highest BCUT2D eigenvalue weighted by molar-refractivity contribution is 9.10. The van der Waals surface area contributed by atoms with E-state index in [0.717, 1.165) is 26.9 Å². The molecule has 0 radical (unpaired) electrons. The van der Waals surface area contributed by atoms with E-state index in [-0.39, 0.29) is 5.91 Å². The average molecular weight is 514 g/mol. The number of aryl methyl sites for hydroxylation is 1. The van der Waals surface area contributed by atoms with Crippen LogP contribution in [0.4, 0.5) is 5.69 Å². The first-order chi connectivity index (χ1) is 15.0. The minimum Gasteiger partial charge on any atom is -0.486 e. The highest BCUT2D eigenvalue weighted by atomic mass is 79.9. The summed E-state index contributed by atoms with van der Waals surface area (Å²) in [7, 11) is 0. The Labute approximate surface area is 198 Å². The van der Waals surface area contributed by atoms with Crippen LogP contribution in [0.3, 0.4) is 0 Å². The Morgan fingerprint density at radius 2 is 1.87 bits per heavy atom. The Balaban J connectivity index is 1.50. The minimum absolute atomic E-state index is 0.187. The van der Waals surface area contributed by atoms with Crippen LogP contribution in [0.15, 0.2) is 81.1 Å². The molecule has 1 heterocycles. The van der Waals surface area contributed by atoms with Crippen LogP contribution in [-0.4, -0.2) is 11.1 Å². The van der Waals surface area contributed by atoms with Crippen molar-refractivity contribution in [2.75, 3.05) is 0 Å². The number of rotatable bonds is 5. The molecule has 1 N–H and O–H groups in total. The third kappa shape index (κ3) is 5.58. The normalized spacial score (nSPS) is 16.0. The van der Waals surface area contributed by atoms with Gasteiger partial charge in [-0.25, -0.2) is 4.99 Å². The quantitative estimate of drug-likeness (QED) is 0.378. The Morgan fingerprint density at radius 1 is 1.13 bits per heavy atom. The van der Waals surface area contributed by atoms with Crippen LogP contribution in [0.5, 0.6) is 5.75 Å². The van der Waals surface area contributed by atoms with Crippen molar-refractivity contribution in [2.45, 2.75) is 13.5 Å². The maximum Gasteiger partial charge on any atom is 0.264 e. The van der Waals surface area contributed by atoms with E-state index in [2.05, 4.69) is 26.2 Å². The molecule has 1 fully saturated rings. The molecule has 4 nitrogen and oxygen atoms in total. The minimum atomic E-state index is -0.187. The molecule has 1 aliphatic heterocycles. The van der Waals surface area contributed by atoms with Gasteiger partial charge in [-0.1, -0.05) is 59.6 Å². The molecule has 1 saturated heterocycles. The second-order valence-corrected chi connectivity index (χ2v) is 9.20. The lowest BCUT2D eigenvalue weighted by Gasteiger charge is -2.11. The van der Waals surface area contributed by atoms with E-state index in [1.165, 1.54) is 11.8 Å². The number of carbonyl (C=O) groups is 1. The zero-order valence-corrected chi connectivity index (χ0v) is 19.7. The van der Waals surface area contributed by atoms with Gasteiger partial charge in [0.1, 0.15) is 6.61 Å². The lowest BCUT2D eigenvalue weighted by molar-refractivity contribution is -0.115. The van der Waals surface area contributed by atoms with Gasteiger partial charge in [-0.3, -0.25) is 4.79 Å². The molecule has 0 aliphatic carbocycles.